The van der Waals surface area contributed by atoms with Crippen molar-refractivity contribution in [3.63, 3.8) is 0 Å². The minimum absolute atomic E-state index is 0.0412. The first-order chi connectivity index (χ1) is 8.76. The smallest absolute Gasteiger partial charge is 0.320 e. The lowest BCUT2D eigenvalue weighted by Crippen LogP contribution is -2.30. The molecule has 0 spiro atoms. The minimum atomic E-state index is -3.10. The van der Waals surface area contributed by atoms with Crippen LogP contribution in [-0.2, 0) is 9.36 Å². The van der Waals surface area contributed by atoms with Crippen molar-refractivity contribution in [2.24, 2.45) is 5.73 Å². The van der Waals surface area contributed by atoms with Crippen molar-refractivity contribution in [2.75, 3.05) is 12.8 Å². The van der Waals surface area contributed by atoms with E-state index >= 15 is 0 Å². The van der Waals surface area contributed by atoms with Crippen molar-refractivity contribution >= 4 is 13.3 Å². The van der Waals surface area contributed by atoms with Crippen LogP contribution in [-0.4, -0.2) is 34.8 Å². The van der Waals surface area contributed by atoms with E-state index in [1.165, 1.54) is 6.66 Å². The fraction of sp³-hybridized carbons (Fsp3) is 0.333. The maximum Gasteiger partial charge on any atom is 0.320 e. The Morgan fingerprint density at radius 2 is 2.00 bits per heavy atom. The number of aliphatic carboxylic acids is 1. The molecule has 2 unspecified atom stereocenters. The second-order valence-electron chi connectivity index (χ2n) is 3.99. The fourth-order valence-corrected chi connectivity index (χ4v) is 1.77. The number of nitriles is 1. The zero-order valence-electron chi connectivity index (χ0n) is 10.6. The molecule has 0 aliphatic carbocycles. The lowest BCUT2D eigenvalue weighted by atomic mass is 10.2. The van der Waals surface area contributed by atoms with Crippen LogP contribution in [0.15, 0.2) is 30.3 Å². The van der Waals surface area contributed by atoms with Gasteiger partial charge in [-0.1, -0.05) is 18.2 Å². The average molecular weight is 284 g/mol. The van der Waals surface area contributed by atoms with Crippen LogP contribution in [0.4, 0.5) is 0 Å². The Labute approximate surface area is 111 Å². The first kappa shape index (κ1) is 17.3. The van der Waals surface area contributed by atoms with Gasteiger partial charge < -0.3 is 15.7 Å². The highest BCUT2D eigenvalue weighted by Gasteiger charge is 2.16. The Morgan fingerprint density at radius 1 is 1.47 bits per heavy atom. The molecule has 0 saturated carbocycles. The molecule has 0 heterocycles. The highest BCUT2D eigenvalue weighted by atomic mass is 31.2. The SMILES string of the molecule is CP(=O)(O)CCC(N)C(=O)O.N#Cc1ccccc1. The molecule has 0 saturated heterocycles. The van der Waals surface area contributed by atoms with Gasteiger partial charge in [-0.05, 0) is 18.6 Å². The summed E-state index contributed by atoms with van der Waals surface area (Å²) in [6.45, 7) is 1.18. The van der Waals surface area contributed by atoms with Crippen LogP contribution >= 0.6 is 7.37 Å². The molecule has 1 aromatic rings. The Bertz CT molecular complexity index is 478. The molecule has 0 amide bonds. The van der Waals surface area contributed by atoms with Crippen LogP contribution in [0.2, 0.25) is 0 Å². The fourth-order valence-electron chi connectivity index (χ4n) is 1.01. The molecule has 2 atom stereocenters. The van der Waals surface area contributed by atoms with Gasteiger partial charge in [-0.25, -0.2) is 0 Å². The molecule has 6 nitrogen and oxygen atoms in total. The number of carboxylic acid groups (broad SMARTS) is 1. The Kier molecular flexibility index (Phi) is 7.69. The van der Waals surface area contributed by atoms with E-state index in [2.05, 4.69) is 0 Å². The highest BCUT2D eigenvalue weighted by molar-refractivity contribution is 7.57. The molecule has 0 aliphatic rings. The summed E-state index contributed by atoms with van der Waals surface area (Å²) in [7, 11) is -3.10. The summed E-state index contributed by atoms with van der Waals surface area (Å²) in [5, 5.41) is 16.6. The number of carboxylic acids is 1. The quantitative estimate of drug-likeness (QED) is 0.714. The number of carbonyl (C=O) groups is 1. The highest BCUT2D eigenvalue weighted by Crippen LogP contribution is 2.35. The zero-order valence-corrected chi connectivity index (χ0v) is 11.5. The summed E-state index contributed by atoms with van der Waals surface area (Å²) in [6, 6.07) is 10.1. The van der Waals surface area contributed by atoms with Crippen molar-refractivity contribution < 1.29 is 19.4 Å². The average Bonchev–Trinajstić information content (AvgIpc) is 2.36. The van der Waals surface area contributed by atoms with E-state index < -0.39 is 19.4 Å². The molecular formula is C12H17N2O4P. The van der Waals surface area contributed by atoms with Crippen LogP contribution < -0.4 is 5.73 Å². The van der Waals surface area contributed by atoms with E-state index in [9.17, 15) is 9.36 Å². The molecule has 4 N–H and O–H groups in total. The van der Waals surface area contributed by atoms with Crippen LogP contribution in [0, 0.1) is 11.3 Å². The third-order valence-electron chi connectivity index (χ3n) is 2.08. The van der Waals surface area contributed by atoms with Crippen molar-refractivity contribution in [3.8, 4) is 6.07 Å². The molecule has 19 heavy (non-hydrogen) atoms. The largest absolute Gasteiger partial charge is 0.480 e. The molecule has 0 fully saturated rings. The topological polar surface area (TPSA) is 124 Å². The molecule has 1 rings (SSSR count). The number of hydrogen-bond acceptors (Lipinski definition) is 4. The number of nitrogens with zero attached hydrogens (tertiary/aromatic N) is 1. The predicted molar refractivity (Wildman–Crippen MR) is 72.0 cm³/mol. The van der Waals surface area contributed by atoms with Gasteiger partial charge in [0.2, 0.25) is 0 Å². The van der Waals surface area contributed by atoms with E-state index in [-0.39, 0.29) is 12.6 Å². The van der Waals surface area contributed by atoms with E-state index in [0.29, 0.717) is 5.56 Å². The second kappa shape index (κ2) is 8.44. The number of hydrogen-bond donors (Lipinski definition) is 3. The van der Waals surface area contributed by atoms with Gasteiger partial charge in [0.25, 0.3) is 0 Å². The lowest BCUT2D eigenvalue weighted by Gasteiger charge is -2.07. The molecule has 104 valence electrons. The van der Waals surface area contributed by atoms with E-state index in [1.807, 2.05) is 24.3 Å². The van der Waals surface area contributed by atoms with Gasteiger partial charge in [-0.3, -0.25) is 9.36 Å². The third kappa shape index (κ3) is 9.98. The zero-order chi connectivity index (χ0) is 14.9. The summed E-state index contributed by atoms with van der Waals surface area (Å²) >= 11 is 0. The minimum Gasteiger partial charge on any atom is -0.480 e. The standard InChI is InChI=1S/C7H5N.C5H12NO4P/c8-6-7-4-2-1-3-5-7;1-11(9,10)3-2-4(6)5(7)8/h1-5H;4H,2-3,6H2,1H3,(H,7,8)(H,9,10). The lowest BCUT2D eigenvalue weighted by molar-refractivity contribution is -0.138. The normalized spacial score (nSPS) is 14.2. The first-order valence-electron chi connectivity index (χ1n) is 5.49. The number of rotatable bonds is 4. The molecule has 0 aromatic heterocycles. The van der Waals surface area contributed by atoms with Crippen LogP contribution in [0.3, 0.4) is 0 Å². The van der Waals surface area contributed by atoms with Gasteiger partial charge >= 0.3 is 5.97 Å². The maximum absolute atomic E-state index is 10.6. The number of nitrogens with two attached hydrogens (primary N) is 1. The molecule has 7 heteroatoms. The van der Waals surface area contributed by atoms with Crippen molar-refractivity contribution in [1.29, 1.82) is 5.26 Å². The summed E-state index contributed by atoms with van der Waals surface area (Å²) in [5.74, 6) is -1.14. The Balaban J connectivity index is 0.000000356. The molecule has 0 radical (unpaired) electrons. The summed E-state index contributed by atoms with van der Waals surface area (Å²) in [5.41, 5.74) is 5.81. The summed E-state index contributed by atoms with van der Waals surface area (Å²) in [6.07, 6.45) is 0.0000772. The molecular weight excluding hydrogens is 267 g/mol. The monoisotopic (exact) mass is 284 g/mol. The molecule has 1 aromatic carbocycles. The summed E-state index contributed by atoms with van der Waals surface area (Å²) < 4.78 is 10.6. The van der Waals surface area contributed by atoms with Crippen LogP contribution in [0.1, 0.15) is 12.0 Å². The number of benzene rings is 1. The van der Waals surface area contributed by atoms with Crippen molar-refractivity contribution in [2.45, 2.75) is 12.5 Å². The van der Waals surface area contributed by atoms with Gasteiger partial charge in [0, 0.05) is 12.8 Å². The summed E-state index contributed by atoms with van der Waals surface area (Å²) in [4.78, 5) is 18.9. The van der Waals surface area contributed by atoms with E-state index in [1.54, 1.807) is 12.1 Å². The van der Waals surface area contributed by atoms with Crippen LogP contribution in [0.5, 0.6) is 0 Å². The Morgan fingerprint density at radius 3 is 2.32 bits per heavy atom. The first-order valence-corrected chi connectivity index (χ1v) is 7.78. The van der Waals surface area contributed by atoms with Crippen molar-refractivity contribution in [3.05, 3.63) is 35.9 Å². The van der Waals surface area contributed by atoms with Gasteiger partial charge in [-0.2, -0.15) is 5.26 Å². The van der Waals surface area contributed by atoms with Gasteiger partial charge in [0.05, 0.1) is 11.6 Å². The van der Waals surface area contributed by atoms with Gasteiger partial charge in [-0.15, -0.1) is 0 Å². The van der Waals surface area contributed by atoms with Gasteiger partial charge in [0.1, 0.15) is 6.04 Å². The van der Waals surface area contributed by atoms with E-state index in [4.69, 9.17) is 21.0 Å². The molecule has 0 aliphatic heterocycles. The third-order valence-corrected chi connectivity index (χ3v) is 3.16. The maximum atomic E-state index is 10.6. The van der Waals surface area contributed by atoms with Crippen LogP contribution in [0.25, 0.3) is 0 Å². The predicted octanol–water partition coefficient (Wildman–Crippen LogP) is 1.25. The Hall–Kier alpha value is -1.67. The van der Waals surface area contributed by atoms with Crippen molar-refractivity contribution in [1.82, 2.24) is 0 Å². The van der Waals surface area contributed by atoms with E-state index in [0.717, 1.165) is 0 Å². The van der Waals surface area contributed by atoms with Gasteiger partial charge in [0.15, 0.2) is 7.37 Å². The second-order valence-corrected chi connectivity index (χ2v) is 6.53. The molecule has 0 bridgehead atoms.